The molecule has 3 nitrogen and oxygen atoms in total. The van der Waals surface area contributed by atoms with E-state index < -0.39 is 0 Å². The number of pyridine rings is 1. The van der Waals surface area contributed by atoms with Crippen molar-refractivity contribution in [2.75, 3.05) is 0 Å². The van der Waals surface area contributed by atoms with Crippen LogP contribution in [0.25, 0.3) is 10.9 Å². The molecule has 0 fully saturated rings. The number of aromatic nitrogens is 1. The third kappa shape index (κ3) is 1.38. The van der Waals surface area contributed by atoms with E-state index in [9.17, 15) is 9.18 Å². The number of nitriles is 1. The number of hydrogen-bond acceptors (Lipinski definition) is 2. The summed E-state index contributed by atoms with van der Waals surface area (Å²) >= 11 is 0. The lowest BCUT2D eigenvalue weighted by Crippen LogP contribution is -2.07. The Balaban J connectivity index is 2.96. The normalized spacial score (nSPS) is 10.2. The SMILES string of the molecule is Cc1cc2c(=O)c(C#N)c[nH]c2cc1F. The second kappa shape index (κ2) is 3.21. The maximum atomic E-state index is 13.2. The van der Waals surface area contributed by atoms with E-state index in [1.165, 1.54) is 18.3 Å². The number of aromatic amines is 1. The van der Waals surface area contributed by atoms with Gasteiger partial charge < -0.3 is 4.98 Å². The van der Waals surface area contributed by atoms with Crippen LogP contribution >= 0.6 is 0 Å². The smallest absolute Gasteiger partial charge is 0.207 e. The van der Waals surface area contributed by atoms with Gasteiger partial charge in [0.25, 0.3) is 0 Å². The molecule has 0 radical (unpaired) electrons. The van der Waals surface area contributed by atoms with Gasteiger partial charge in [0.15, 0.2) is 0 Å². The molecule has 4 heteroatoms. The zero-order chi connectivity index (χ0) is 11.0. The van der Waals surface area contributed by atoms with Crippen LogP contribution in [0.1, 0.15) is 11.1 Å². The van der Waals surface area contributed by atoms with Crippen LogP contribution in [-0.4, -0.2) is 4.98 Å². The summed E-state index contributed by atoms with van der Waals surface area (Å²) in [7, 11) is 0. The van der Waals surface area contributed by atoms with Gasteiger partial charge in [-0.25, -0.2) is 4.39 Å². The molecule has 0 aliphatic rings. The molecule has 1 heterocycles. The van der Waals surface area contributed by atoms with Crippen molar-refractivity contribution in [3.63, 3.8) is 0 Å². The largest absolute Gasteiger partial charge is 0.360 e. The number of fused-ring (bicyclic) bond motifs is 1. The average Bonchev–Trinajstić information content (AvgIpc) is 2.22. The predicted molar refractivity (Wildman–Crippen MR) is 54.0 cm³/mol. The van der Waals surface area contributed by atoms with Crippen molar-refractivity contribution < 1.29 is 4.39 Å². The summed E-state index contributed by atoms with van der Waals surface area (Å²) in [6.45, 7) is 1.58. The summed E-state index contributed by atoms with van der Waals surface area (Å²) in [5.41, 5.74) is 0.466. The monoisotopic (exact) mass is 202 g/mol. The second-order valence-corrected chi connectivity index (χ2v) is 3.29. The molecule has 1 N–H and O–H groups in total. The second-order valence-electron chi connectivity index (χ2n) is 3.29. The lowest BCUT2D eigenvalue weighted by Gasteiger charge is -2.01. The van der Waals surface area contributed by atoms with E-state index in [1.807, 2.05) is 0 Å². The zero-order valence-corrected chi connectivity index (χ0v) is 7.97. The molecule has 2 rings (SSSR count). The van der Waals surface area contributed by atoms with E-state index in [2.05, 4.69) is 4.98 Å². The Morgan fingerprint density at radius 2 is 2.20 bits per heavy atom. The fourth-order valence-electron chi connectivity index (χ4n) is 1.43. The molecule has 0 bridgehead atoms. The van der Waals surface area contributed by atoms with Gasteiger partial charge in [0.1, 0.15) is 17.4 Å². The van der Waals surface area contributed by atoms with E-state index in [1.54, 1.807) is 13.0 Å². The van der Waals surface area contributed by atoms with Crippen LogP contribution in [0.4, 0.5) is 4.39 Å². The fourth-order valence-corrected chi connectivity index (χ4v) is 1.43. The Kier molecular flexibility index (Phi) is 2.01. The molecule has 0 saturated heterocycles. The van der Waals surface area contributed by atoms with Crippen LogP contribution in [0.2, 0.25) is 0 Å². The van der Waals surface area contributed by atoms with Gasteiger partial charge >= 0.3 is 0 Å². The van der Waals surface area contributed by atoms with Crippen LogP contribution in [0, 0.1) is 24.1 Å². The van der Waals surface area contributed by atoms with Crippen molar-refractivity contribution in [1.29, 1.82) is 5.26 Å². The maximum Gasteiger partial charge on any atom is 0.207 e. The number of hydrogen-bond donors (Lipinski definition) is 1. The van der Waals surface area contributed by atoms with Gasteiger partial charge in [-0.2, -0.15) is 5.26 Å². The van der Waals surface area contributed by atoms with Crippen LogP contribution in [0.3, 0.4) is 0 Å². The molecule has 0 aliphatic heterocycles. The predicted octanol–water partition coefficient (Wildman–Crippen LogP) is 1.85. The third-order valence-electron chi connectivity index (χ3n) is 2.28. The Hall–Kier alpha value is -2.15. The Bertz CT molecular complexity index is 637. The molecule has 0 spiro atoms. The number of H-pyrrole nitrogens is 1. The first-order valence-corrected chi connectivity index (χ1v) is 4.35. The van der Waals surface area contributed by atoms with Crippen LogP contribution in [0.5, 0.6) is 0 Å². The summed E-state index contributed by atoms with van der Waals surface area (Å²) < 4.78 is 13.2. The first-order chi connectivity index (χ1) is 7.13. The molecule has 1 aromatic heterocycles. The van der Waals surface area contributed by atoms with Gasteiger partial charge in [0, 0.05) is 11.6 Å². The van der Waals surface area contributed by atoms with Gasteiger partial charge in [-0.15, -0.1) is 0 Å². The summed E-state index contributed by atoms with van der Waals surface area (Å²) in [5, 5.41) is 9.00. The number of halogens is 1. The topological polar surface area (TPSA) is 56.6 Å². The van der Waals surface area contributed by atoms with Gasteiger partial charge in [0.2, 0.25) is 5.43 Å². The molecule has 2 aromatic rings. The van der Waals surface area contributed by atoms with Crippen molar-refractivity contribution in [3.05, 3.63) is 45.5 Å². The molecular weight excluding hydrogens is 195 g/mol. The molecule has 0 saturated carbocycles. The third-order valence-corrected chi connectivity index (χ3v) is 2.28. The summed E-state index contributed by atoms with van der Waals surface area (Å²) in [6.07, 6.45) is 1.29. The number of rotatable bonds is 0. The molecule has 15 heavy (non-hydrogen) atoms. The minimum atomic E-state index is -0.372. The lowest BCUT2D eigenvalue weighted by molar-refractivity contribution is 0.620. The number of nitrogens with zero attached hydrogens (tertiary/aromatic N) is 1. The van der Waals surface area contributed by atoms with Gasteiger partial charge in [-0.05, 0) is 24.6 Å². The molecule has 0 atom stereocenters. The van der Waals surface area contributed by atoms with E-state index in [-0.39, 0.29) is 16.8 Å². The van der Waals surface area contributed by atoms with E-state index >= 15 is 0 Å². The van der Waals surface area contributed by atoms with E-state index in [0.717, 1.165) is 0 Å². The number of benzene rings is 1. The Morgan fingerprint density at radius 3 is 2.87 bits per heavy atom. The Labute approximate surface area is 84.8 Å². The first-order valence-electron chi connectivity index (χ1n) is 4.35. The fraction of sp³-hybridized carbons (Fsp3) is 0.0909. The van der Waals surface area contributed by atoms with Crippen LogP contribution in [-0.2, 0) is 0 Å². The van der Waals surface area contributed by atoms with E-state index in [4.69, 9.17) is 5.26 Å². The molecule has 0 unspecified atom stereocenters. The van der Waals surface area contributed by atoms with Crippen molar-refractivity contribution in [1.82, 2.24) is 4.98 Å². The number of nitrogens with one attached hydrogen (secondary N) is 1. The van der Waals surface area contributed by atoms with Gasteiger partial charge in [-0.1, -0.05) is 0 Å². The van der Waals surface area contributed by atoms with Gasteiger partial charge in [0.05, 0.1) is 5.52 Å². The van der Waals surface area contributed by atoms with Crippen molar-refractivity contribution in [2.45, 2.75) is 6.92 Å². The average molecular weight is 202 g/mol. The highest BCUT2D eigenvalue weighted by Gasteiger charge is 2.07. The lowest BCUT2D eigenvalue weighted by atomic mass is 10.1. The molecule has 0 aliphatic carbocycles. The standard InChI is InChI=1S/C11H7FN2O/c1-6-2-8-10(3-9(6)12)14-5-7(4-13)11(8)15/h2-3,5H,1H3,(H,14,15). The summed E-state index contributed by atoms with van der Waals surface area (Å²) in [6, 6.07) is 4.49. The molecule has 1 aromatic carbocycles. The minimum absolute atomic E-state index is 0.0357. The maximum absolute atomic E-state index is 13.2. The molecular formula is C11H7FN2O. The Morgan fingerprint density at radius 1 is 1.47 bits per heavy atom. The van der Waals surface area contributed by atoms with E-state index in [0.29, 0.717) is 16.5 Å². The van der Waals surface area contributed by atoms with Crippen molar-refractivity contribution in [3.8, 4) is 6.07 Å². The highest BCUT2D eigenvalue weighted by atomic mass is 19.1. The van der Waals surface area contributed by atoms with Crippen molar-refractivity contribution >= 4 is 10.9 Å². The molecule has 74 valence electrons. The minimum Gasteiger partial charge on any atom is -0.360 e. The van der Waals surface area contributed by atoms with Crippen LogP contribution in [0.15, 0.2) is 23.1 Å². The van der Waals surface area contributed by atoms with Gasteiger partial charge in [-0.3, -0.25) is 4.79 Å². The highest BCUT2D eigenvalue weighted by Crippen LogP contribution is 2.14. The number of aryl methyl sites for hydroxylation is 1. The van der Waals surface area contributed by atoms with Crippen LogP contribution < -0.4 is 5.43 Å². The van der Waals surface area contributed by atoms with Crippen molar-refractivity contribution in [2.24, 2.45) is 0 Å². The highest BCUT2D eigenvalue weighted by molar-refractivity contribution is 5.80. The zero-order valence-electron chi connectivity index (χ0n) is 7.97. The first kappa shape index (κ1) is 9.41. The summed E-state index contributed by atoms with van der Waals surface area (Å²) in [5.74, 6) is -0.372. The molecule has 0 amide bonds. The summed E-state index contributed by atoms with van der Waals surface area (Å²) in [4.78, 5) is 14.4. The quantitative estimate of drug-likeness (QED) is 0.708.